The Labute approximate surface area is 193 Å². The molecule has 0 radical (unpaired) electrons. The highest BCUT2D eigenvalue weighted by Gasteiger charge is 2.57. The van der Waals surface area contributed by atoms with Crippen LogP contribution < -0.4 is 5.32 Å². The summed E-state index contributed by atoms with van der Waals surface area (Å²) in [4.78, 5) is 17.0. The van der Waals surface area contributed by atoms with Crippen LogP contribution in [0.15, 0.2) is 18.3 Å². The van der Waals surface area contributed by atoms with E-state index in [0.29, 0.717) is 22.6 Å². The summed E-state index contributed by atoms with van der Waals surface area (Å²) in [5.41, 5.74) is 1.24. The first-order valence-corrected chi connectivity index (χ1v) is 13.1. The van der Waals surface area contributed by atoms with Crippen molar-refractivity contribution in [2.24, 2.45) is 46.8 Å². The molecule has 1 amide bonds. The molecule has 4 heteroatoms. The van der Waals surface area contributed by atoms with Crippen molar-refractivity contribution in [2.75, 3.05) is 0 Å². The van der Waals surface area contributed by atoms with Gasteiger partial charge in [0.05, 0.1) is 5.56 Å². The number of hydrogen-bond acceptors (Lipinski definition) is 3. The normalized spacial score (nSPS) is 41.5. The van der Waals surface area contributed by atoms with Crippen molar-refractivity contribution >= 4 is 5.91 Å². The molecule has 4 aliphatic rings. The third kappa shape index (κ3) is 3.66. The maximum atomic E-state index is 12.8. The van der Waals surface area contributed by atoms with Crippen molar-refractivity contribution in [1.29, 1.82) is 5.26 Å². The molecule has 1 heterocycles. The Morgan fingerprint density at radius 1 is 1.12 bits per heavy atom. The molecular weight excluding hydrogens is 394 g/mol. The van der Waals surface area contributed by atoms with E-state index in [0.717, 1.165) is 35.5 Å². The predicted molar refractivity (Wildman–Crippen MR) is 126 cm³/mol. The van der Waals surface area contributed by atoms with Crippen molar-refractivity contribution in [1.82, 2.24) is 10.3 Å². The van der Waals surface area contributed by atoms with Gasteiger partial charge in [-0.15, -0.1) is 0 Å². The number of carbonyl (C=O) groups excluding carboxylic acids is 1. The number of nitrogens with one attached hydrogen (secondary N) is 1. The summed E-state index contributed by atoms with van der Waals surface area (Å²) in [7, 11) is 0. The van der Waals surface area contributed by atoms with Gasteiger partial charge in [0.1, 0.15) is 11.8 Å². The number of rotatable bonds is 3. The van der Waals surface area contributed by atoms with Crippen molar-refractivity contribution in [3.05, 3.63) is 29.6 Å². The first-order chi connectivity index (χ1) is 15.4. The molecule has 0 spiro atoms. The molecule has 1 aromatic rings. The van der Waals surface area contributed by atoms with Crippen molar-refractivity contribution in [3.63, 3.8) is 0 Å². The van der Waals surface area contributed by atoms with Gasteiger partial charge in [-0.05, 0) is 117 Å². The highest BCUT2D eigenvalue weighted by molar-refractivity contribution is 5.92. The molecule has 0 saturated heterocycles. The van der Waals surface area contributed by atoms with Crippen molar-refractivity contribution < 1.29 is 4.79 Å². The minimum Gasteiger partial charge on any atom is -0.348 e. The highest BCUT2D eigenvalue weighted by atomic mass is 16.1. The molecule has 5 rings (SSSR count). The minimum atomic E-state index is -0.112. The van der Waals surface area contributed by atoms with E-state index < -0.39 is 0 Å². The van der Waals surface area contributed by atoms with Gasteiger partial charge in [0.15, 0.2) is 0 Å². The number of carbonyl (C=O) groups is 1. The van der Waals surface area contributed by atoms with E-state index in [-0.39, 0.29) is 11.9 Å². The number of amides is 1. The molecule has 3 unspecified atom stereocenters. The van der Waals surface area contributed by atoms with E-state index in [2.05, 4.69) is 37.1 Å². The standard InChI is InChI=1S/C28H39N3O/c1-17-4-7-21-20(14-17)6-8-23-22(21)12-13-28(3)24(9-10-25(23)28)18(2)31-27(32)26-11-5-19(15-29)16-30-26/h5,11,16-18,20-25H,4,6-10,12-14H2,1-3H3,(H,31,32)/t17-,18-,20+,21-,22?,23+,24?,25?,28+/m0/s1. The molecule has 9 atom stereocenters. The number of pyridine rings is 1. The first kappa shape index (κ1) is 21.9. The molecule has 0 aromatic carbocycles. The number of nitriles is 1. The van der Waals surface area contributed by atoms with Crippen LogP contribution in [0.25, 0.3) is 0 Å². The maximum Gasteiger partial charge on any atom is 0.270 e. The Balaban J connectivity index is 1.27. The summed E-state index contributed by atoms with van der Waals surface area (Å²) in [6.45, 7) is 7.21. The zero-order valence-electron chi connectivity index (χ0n) is 20.0. The molecular formula is C28H39N3O. The summed E-state index contributed by atoms with van der Waals surface area (Å²) in [5, 5.41) is 12.2. The lowest BCUT2D eigenvalue weighted by Gasteiger charge is -2.56. The van der Waals surface area contributed by atoms with E-state index in [1.807, 2.05) is 0 Å². The van der Waals surface area contributed by atoms with E-state index in [1.54, 1.807) is 12.1 Å². The van der Waals surface area contributed by atoms with Crippen LogP contribution in [0.4, 0.5) is 0 Å². The second-order valence-corrected chi connectivity index (χ2v) is 11.9. The molecule has 0 bridgehead atoms. The Kier molecular flexibility index (Phi) is 5.81. The van der Waals surface area contributed by atoms with E-state index in [1.165, 1.54) is 64.0 Å². The van der Waals surface area contributed by atoms with Crippen LogP contribution in [-0.2, 0) is 0 Å². The van der Waals surface area contributed by atoms with Crippen LogP contribution >= 0.6 is 0 Å². The molecule has 4 saturated carbocycles. The Hall–Kier alpha value is -1.89. The summed E-state index contributed by atoms with van der Waals surface area (Å²) in [5.74, 6) is 6.07. The smallest absolute Gasteiger partial charge is 0.270 e. The van der Waals surface area contributed by atoms with Crippen molar-refractivity contribution in [2.45, 2.75) is 84.6 Å². The Morgan fingerprint density at radius 2 is 1.94 bits per heavy atom. The summed E-state index contributed by atoms with van der Waals surface area (Å²) < 4.78 is 0. The van der Waals surface area contributed by atoms with Gasteiger partial charge in [-0.3, -0.25) is 4.79 Å². The zero-order valence-corrected chi connectivity index (χ0v) is 20.0. The van der Waals surface area contributed by atoms with Crippen LogP contribution in [-0.4, -0.2) is 16.9 Å². The van der Waals surface area contributed by atoms with Gasteiger partial charge < -0.3 is 5.32 Å². The SMILES string of the molecule is C[C@H]1CC[C@@H]2C3CC[C@@]4(C)C(CCC4[C@H](C)NC(=O)c4ccc(C#N)cn4)[C@@H]3CC[C@@H]2C1. The van der Waals surface area contributed by atoms with E-state index in [4.69, 9.17) is 5.26 Å². The average molecular weight is 434 g/mol. The van der Waals surface area contributed by atoms with E-state index in [9.17, 15) is 4.79 Å². The van der Waals surface area contributed by atoms with Gasteiger partial charge in [0, 0.05) is 12.2 Å². The molecule has 4 fully saturated rings. The van der Waals surface area contributed by atoms with Gasteiger partial charge in [0.25, 0.3) is 5.91 Å². The number of nitrogens with zero attached hydrogens (tertiary/aromatic N) is 2. The van der Waals surface area contributed by atoms with Gasteiger partial charge in [-0.1, -0.05) is 20.3 Å². The molecule has 4 nitrogen and oxygen atoms in total. The zero-order chi connectivity index (χ0) is 22.5. The predicted octanol–water partition coefficient (Wildman–Crippen LogP) is 5.98. The maximum absolute atomic E-state index is 12.8. The monoisotopic (exact) mass is 433 g/mol. The Morgan fingerprint density at radius 3 is 2.69 bits per heavy atom. The van der Waals surface area contributed by atoms with Gasteiger partial charge in [0.2, 0.25) is 0 Å². The quantitative estimate of drug-likeness (QED) is 0.638. The number of hydrogen-bond donors (Lipinski definition) is 1. The van der Waals surface area contributed by atoms with Gasteiger partial charge in [-0.25, -0.2) is 4.98 Å². The molecule has 0 aliphatic heterocycles. The topological polar surface area (TPSA) is 65.8 Å². The van der Waals surface area contributed by atoms with Gasteiger partial charge >= 0.3 is 0 Å². The van der Waals surface area contributed by atoms with Gasteiger partial charge in [-0.2, -0.15) is 5.26 Å². The van der Waals surface area contributed by atoms with Crippen LogP contribution in [0, 0.1) is 58.2 Å². The molecule has 172 valence electrons. The lowest BCUT2D eigenvalue weighted by atomic mass is 9.49. The second kappa shape index (κ2) is 8.47. The summed E-state index contributed by atoms with van der Waals surface area (Å²) >= 11 is 0. The van der Waals surface area contributed by atoms with Crippen LogP contribution in [0.2, 0.25) is 0 Å². The van der Waals surface area contributed by atoms with Crippen LogP contribution in [0.3, 0.4) is 0 Å². The fourth-order valence-corrected chi connectivity index (χ4v) is 8.93. The molecule has 32 heavy (non-hydrogen) atoms. The molecule has 1 aromatic heterocycles. The lowest BCUT2D eigenvalue weighted by molar-refractivity contribution is -0.0698. The lowest BCUT2D eigenvalue weighted by Crippen LogP contribution is -2.51. The van der Waals surface area contributed by atoms with E-state index >= 15 is 0 Å². The fraction of sp³-hybridized carbons (Fsp3) is 0.750. The minimum absolute atomic E-state index is 0.112. The summed E-state index contributed by atoms with van der Waals surface area (Å²) in [6, 6.07) is 5.54. The van der Waals surface area contributed by atoms with Crippen LogP contribution in [0.5, 0.6) is 0 Å². The van der Waals surface area contributed by atoms with Crippen molar-refractivity contribution in [3.8, 4) is 6.07 Å². The Bertz CT molecular complexity index is 889. The number of aromatic nitrogens is 1. The molecule has 1 N–H and O–H groups in total. The fourth-order valence-electron chi connectivity index (χ4n) is 8.93. The number of fused-ring (bicyclic) bond motifs is 5. The average Bonchev–Trinajstić information content (AvgIpc) is 3.16. The molecule has 4 aliphatic carbocycles. The third-order valence-electron chi connectivity index (χ3n) is 10.4. The first-order valence-electron chi connectivity index (χ1n) is 13.1. The second-order valence-electron chi connectivity index (χ2n) is 11.9. The van der Waals surface area contributed by atoms with Crippen LogP contribution in [0.1, 0.15) is 94.6 Å². The largest absolute Gasteiger partial charge is 0.348 e. The summed E-state index contributed by atoms with van der Waals surface area (Å²) in [6.07, 6.45) is 14.1. The third-order valence-corrected chi connectivity index (χ3v) is 10.4. The highest BCUT2D eigenvalue weighted by Crippen LogP contribution is 2.64.